The van der Waals surface area contributed by atoms with E-state index in [1.165, 1.54) is 0 Å². The molecule has 18 heavy (non-hydrogen) atoms. The number of aliphatic hydroxyl groups excluding tert-OH is 1. The lowest BCUT2D eigenvalue weighted by Crippen LogP contribution is -2.32. The molecule has 4 nitrogen and oxygen atoms in total. The highest BCUT2D eigenvalue weighted by Gasteiger charge is 2.11. The Kier molecular flexibility index (Phi) is 5.89. The van der Waals surface area contributed by atoms with Crippen LogP contribution in [-0.2, 0) is 0 Å². The van der Waals surface area contributed by atoms with E-state index in [9.17, 15) is 4.79 Å². The average molecular weight is 246 g/mol. The van der Waals surface area contributed by atoms with Gasteiger partial charge in [-0.25, -0.2) is 0 Å². The van der Waals surface area contributed by atoms with Gasteiger partial charge in [-0.05, 0) is 19.4 Å². The number of aliphatic hydroxyl groups is 1. The Bertz CT molecular complexity index is 460. The van der Waals surface area contributed by atoms with Crippen LogP contribution in [0.2, 0.25) is 0 Å². The second-order valence-corrected chi connectivity index (χ2v) is 3.98. The van der Waals surface area contributed by atoms with Crippen molar-refractivity contribution in [2.75, 3.05) is 6.61 Å². The Morgan fingerprint density at radius 1 is 1.61 bits per heavy atom. The molecule has 0 spiro atoms. The van der Waals surface area contributed by atoms with Crippen LogP contribution < -0.4 is 5.32 Å². The van der Waals surface area contributed by atoms with Gasteiger partial charge in [0.1, 0.15) is 0 Å². The highest BCUT2D eigenvalue weighted by Crippen LogP contribution is 2.06. The van der Waals surface area contributed by atoms with E-state index in [4.69, 9.17) is 5.11 Å². The second kappa shape index (κ2) is 7.46. The van der Waals surface area contributed by atoms with Crippen molar-refractivity contribution in [2.45, 2.75) is 32.7 Å². The number of hydrogen-bond donors (Lipinski definition) is 2. The minimum Gasteiger partial charge on any atom is -0.395 e. The fourth-order valence-electron chi connectivity index (χ4n) is 1.31. The molecular formula is C14H18N2O2. The SMILES string of the molecule is CCC(C)NC(=O)c1ccncc1C#CCCO. The zero-order valence-corrected chi connectivity index (χ0v) is 10.7. The molecule has 1 atom stereocenters. The highest BCUT2D eigenvalue weighted by molar-refractivity contribution is 5.96. The summed E-state index contributed by atoms with van der Waals surface area (Å²) in [5, 5.41) is 11.6. The third-order valence-electron chi connectivity index (χ3n) is 2.52. The van der Waals surface area contributed by atoms with Crippen LogP contribution in [0, 0.1) is 11.8 Å². The maximum absolute atomic E-state index is 12.0. The quantitative estimate of drug-likeness (QED) is 0.788. The van der Waals surface area contributed by atoms with Gasteiger partial charge in [0.25, 0.3) is 5.91 Å². The largest absolute Gasteiger partial charge is 0.395 e. The summed E-state index contributed by atoms with van der Waals surface area (Å²) in [6.07, 6.45) is 4.41. The first-order chi connectivity index (χ1) is 8.69. The number of amides is 1. The third-order valence-corrected chi connectivity index (χ3v) is 2.52. The van der Waals surface area contributed by atoms with Crippen molar-refractivity contribution in [1.29, 1.82) is 0 Å². The number of hydrogen-bond acceptors (Lipinski definition) is 3. The molecule has 1 aromatic heterocycles. The predicted molar refractivity (Wildman–Crippen MR) is 70.0 cm³/mol. The molecule has 0 saturated heterocycles. The molecule has 4 heteroatoms. The zero-order valence-electron chi connectivity index (χ0n) is 10.7. The first-order valence-electron chi connectivity index (χ1n) is 6.03. The van der Waals surface area contributed by atoms with Crippen molar-refractivity contribution in [2.24, 2.45) is 0 Å². The van der Waals surface area contributed by atoms with E-state index in [0.717, 1.165) is 6.42 Å². The van der Waals surface area contributed by atoms with Crippen LogP contribution in [0.5, 0.6) is 0 Å². The van der Waals surface area contributed by atoms with Gasteiger partial charge in [0.15, 0.2) is 0 Å². The summed E-state index contributed by atoms with van der Waals surface area (Å²) >= 11 is 0. The molecule has 1 rings (SSSR count). The molecule has 0 aromatic carbocycles. The van der Waals surface area contributed by atoms with Crippen LogP contribution in [0.25, 0.3) is 0 Å². The summed E-state index contributed by atoms with van der Waals surface area (Å²) in [5.41, 5.74) is 1.11. The van der Waals surface area contributed by atoms with Crippen LogP contribution in [0.4, 0.5) is 0 Å². The van der Waals surface area contributed by atoms with E-state index < -0.39 is 0 Å². The van der Waals surface area contributed by atoms with Crippen LogP contribution in [0.1, 0.15) is 42.6 Å². The number of carbonyl (C=O) groups is 1. The lowest BCUT2D eigenvalue weighted by molar-refractivity contribution is 0.0939. The molecule has 96 valence electrons. The summed E-state index contributed by atoms with van der Waals surface area (Å²) in [6, 6.07) is 1.78. The molecule has 0 fully saturated rings. The molecule has 1 amide bonds. The van der Waals surface area contributed by atoms with Crippen molar-refractivity contribution in [3.8, 4) is 11.8 Å². The van der Waals surface area contributed by atoms with Gasteiger partial charge < -0.3 is 10.4 Å². The Hall–Kier alpha value is -1.86. The minimum absolute atomic E-state index is 0.0155. The zero-order chi connectivity index (χ0) is 13.4. The van der Waals surface area contributed by atoms with E-state index in [2.05, 4.69) is 22.1 Å². The van der Waals surface area contributed by atoms with Crippen LogP contribution >= 0.6 is 0 Å². The molecule has 1 unspecified atom stereocenters. The molecule has 1 aromatic rings. The number of rotatable bonds is 4. The van der Waals surface area contributed by atoms with Crippen molar-refractivity contribution >= 4 is 5.91 Å². The van der Waals surface area contributed by atoms with Gasteiger partial charge in [-0.3, -0.25) is 9.78 Å². The fourth-order valence-corrected chi connectivity index (χ4v) is 1.31. The summed E-state index contributed by atoms with van der Waals surface area (Å²) < 4.78 is 0. The van der Waals surface area contributed by atoms with Crippen LogP contribution in [-0.4, -0.2) is 28.6 Å². The Labute approximate surface area is 107 Å². The average Bonchev–Trinajstić information content (AvgIpc) is 2.39. The van der Waals surface area contributed by atoms with Gasteiger partial charge in [-0.1, -0.05) is 18.8 Å². The smallest absolute Gasteiger partial charge is 0.252 e. The first-order valence-corrected chi connectivity index (χ1v) is 6.03. The molecule has 1 heterocycles. The van der Waals surface area contributed by atoms with Crippen molar-refractivity contribution in [3.05, 3.63) is 29.6 Å². The third kappa shape index (κ3) is 4.19. The van der Waals surface area contributed by atoms with E-state index in [-0.39, 0.29) is 18.6 Å². The fraction of sp³-hybridized carbons (Fsp3) is 0.429. The molecule has 0 radical (unpaired) electrons. The molecule has 0 saturated carbocycles. The standard InChI is InChI=1S/C14H18N2O2/c1-3-11(2)16-14(18)13-7-8-15-10-12(13)6-4-5-9-17/h7-8,10-11,17H,3,5,9H2,1-2H3,(H,16,18). The Morgan fingerprint density at radius 3 is 3.06 bits per heavy atom. The minimum atomic E-state index is -0.139. The topological polar surface area (TPSA) is 62.2 Å². The second-order valence-electron chi connectivity index (χ2n) is 3.98. The number of nitrogens with one attached hydrogen (secondary N) is 1. The van der Waals surface area contributed by atoms with Gasteiger partial charge >= 0.3 is 0 Å². The summed E-state index contributed by atoms with van der Waals surface area (Å²) in [4.78, 5) is 16.0. The number of pyridine rings is 1. The highest BCUT2D eigenvalue weighted by atomic mass is 16.2. The monoisotopic (exact) mass is 246 g/mol. The number of nitrogens with zero attached hydrogens (tertiary/aromatic N) is 1. The van der Waals surface area contributed by atoms with Crippen LogP contribution in [0.15, 0.2) is 18.5 Å². The molecular weight excluding hydrogens is 228 g/mol. The van der Waals surface area contributed by atoms with Crippen LogP contribution in [0.3, 0.4) is 0 Å². The first kappa shape index (κ1) is 14.2. The van der Waals surface area contributed by atoms with E-state index in [0.29, 0.717) is 17.5 Å². The Morgan fingerprint density at radius 2 is 2.39 bits per heavy atom. The maximum Gasteiger partial charge on any atom is 0.252 e. The van der Waals surface area contributed by atoms with E-state index in [1.54, 1.807) is 18.5 Å². The van der Waals surface area contributed by atoms with Crippen molar-refractivity contribution in [3.63, 3.8) is 0 Å². The summed E-state index contributed by atoms with van der Waals surface area (Å²) in [7, 11) is 0. The maximum atomic E-state index is 12.0. The lowest BCUT2D eigenvalue weighted by Gasteiger charge is -2.11. The molecule has 2 N–H and O–H groups in total. The number of aromatic nitrogens is 1. The summed E-state index contributed by atoms with van der Waals surface area (Å²) in [6.45, 7) is 3.98. The predicted octanol–water partition coefficient (Wildman–Crippen LogP) is 1.34. The molecule has 0 bridgehead atoms. The normalized spacial score (nSPS) is 11.3. The number of carbonyl (C=O) groups excluding carboxylic acids is 1. The van der Waals surface area contributed by atoms with Gasteiger partial charge in [-0.2, -0.15) is 0 Å². The molecule has 0 aliphatic carbocycles. The van der Waals surface area contributed by atoms with Gasteiger partial charge in [0, 0.05) is 24.9 Å². The summed E-state index contributed by atoms with van der Waals surface area (Å²) in [5.74, 6) is 5.51. The van der Waals surface area contributed by atoms with Gasteiger partial charge in [0.05, 0.1) is 17.7 Å². The Balaban J connectivity index is 2.88. The van der Waals surface area contributed by atoms with E-state index >= 15 is 0 Å². The van der Waals surface area contributed by atoms with Gasteiger partial charge in [0.2, 0.25) is 0 Å². The lowest BCUT2D eigenvalue weighted by atomic mass is 10.1. The van der Waals surface area contributed by atoms with Crippen molar-refractivity contribution < 1.29 is 9.90 Å². The van der Waals surface area contributed by atoms with Crippen molar-refractivity contribution in [1.82, 2.24) is 10.3 Å². The molecule has 0 aliphatic rings. The van der Waals surface area contributed by atoms with Gasteiger partial charge in [-0.15, -0.1) is 0 Å². The van der Waals surface area contributed by atoms with E-state index in [1.807, 2.05) is 13.8 Å². The molecule has 0 aliphatic heterocycles.